The molecular formula is C35H26ClF3N2O3S. The van der Waals surface area contributed by atoms with Crippen molar-refractivity contribution >= 4 is 38.3 Å². The van der Waals surface area contributed by atoms with Crippen LogP contribution in [0, 0.1) is 19.7 Å². The van der Waals surface area contributed by atoms with E-state index in [1.54, 1.807) is 36.4 Å². The lowest BCUT2D eigenvalue weighted by atomic mass is 9.99. The van der Waals surface area contributed by atoms with Gasteiger partial charge < -0.3 is 4.57 Å². The molecule has 0 bridgehead atoms. The van der Waals surface area contributed by atoms with Crippen molar-refractivity contribution < 1.29 is 26.4 Å². The zero-order chi connectivity index (χ0) is 32.2. The molecule has 0 atom stereocenters. The van der Waals surface area contributed by atoms with E-state index in [0.717, 1.165) is 39.6 Å². The number of carbonyl (C=O) groups excluding carboxylic acids is 1. The zero-order valence-corrected chi connectivity index (χ0v) is 25.9. The number of Topliss-reactive ketones (excluding diaryl/α,β-unsaturated/α-hetero) is 1. The highest BCUT2D eigenvalue weighted by Crippen LogP contribution is 2.42. The van der Waals surface area contributed by atoms with Crippen LogP contribution in [0.15, 0.2) is 102 Å². The first-order chi connectivity index (χ1) is 21.4. The SMILES string of the molecule is CC(=O)c1ccc(-c2cccc(-c3c(-n4c(C)ccc4C)c4cc(F)ccc4n3S(=O)(=O)c3ccc(C(F)F)cc3)c2)c(Cl)c1. The number of carbonyl (C=O) groups is 1. The number of aryl methyl sites for hydroxylation is 2. The number of halogens is 4. The summed E-state index contributed by atoms with van der Waals surface area (Å²) in [4.78, 5) is 11.7. The average molecular weight is 647 g/mol. The summed E-state index contributed by atoms with van der Waals surface area (Å²) in [6.45, 7) is 5.18. The summed E-state index contributed by atoms with van der Waals surface area (Å²) in [5.41, 5.74) is 4.36. The fraction of sp³-hybridized carbons (Fsp3) is 0.114. The van der Waals surface area contributed by atoms with Gasteiger partial charge in [-0.2, -0.15) is 0 Å². The van der Waals surface area contributed by atoms with Crippen LogP contribution >= 0.6 is 11.6 Å². The van der Waals surface area contributed by atoms with Gasteiger partial charge in [-0.15, -0.1) is 0 Å². The summed E-state index contributed by atoms with van der Waals surface area (Å²) in [5.74, 6) is -0.692. The molecule has 6 rings (SSSR count). The molecule has 0 amide bonds. The van der Waals surface area contributed by atoms with Crippen LogP contribution in [0.5, 0.6) is 0 Å². The normalized spacial score (nSPS) is 11.9. The lowest BCUT2D eigenvalue weighted by molar-refractivity contribution is 0.101. The number of hydrogen-bond donors (Lipinski definition) is 0. The quantitative estimate of drug-likeness (QED) is 0.162. The molecule has 0 fully saturated rings. The third kappa shape index (κ3) is 5.26. The molecule has 5 nitrogen and oxygen atoms in total. The molecule has 2 aromatic heterocycles. The number of nitrogens with zero attached hydrogens (tertiary/aromatic N) is 2. The Balaban J connectivity index is 1.70. The van der Waals surface area contributed by atoms with Gasteiger partial charge in [0.1, 0.15) is 5.82 Å². The number of ketones is 1. The fourth-order valence-electron chi connectivity index (χ4n) is 5.66. The second-order valence-electron chi connectivity index (χ2n) is 10.8. The second kappa shape index (κ2) is 11.4. The van der Waals surface area contributed by atoms with E-state index in [2.05, 4.69) is 0 Å². The minimum absolute atomic E-state index is 0.136. The minimum atomic E-state index is -4.42. The summed E-state index contributed by atoms with van der Waals surface area (Å²) in [6.07, 6.45) is -2.77. The van der Waals surface area contributed by atoms with Crippen molar-refractivity contribution in [3.63, 3.8) is 0 Å². The lowest BCUT2D eigenvalue weighted by Gasteiger charge is -2.17. The van der Waals surface area contributed by atoms with Gasteiger partial charge in [0.2, 0.25) is 0 Å². The maximum absolute atomic E-state index is 14.9. The van der Waals surface area contributed by atoms with E-state index < -0.39 is 22.3 Å². The van der Waals surface area contributed by atoms with Gasteiger partial charge in [0, 0.05) is 44.1 Å². The molecule has 10 heteroatoms. The molecule has 2 heterocycles. The Morgan fingerprint density at radius 1 is 0.822 bits per heavy atom. The van der Waals surface area contributed by atoms with Gasteiger partial charge in [-0.3, -0.25) is 4.79 Å². The van der Waals surface area contributed by atoms with Gasteiger partial charge in [0.15, 0.2) is 5.78 Å². The Labute approximate surface area is 263 Å². The van der Waals surface area contributed by atoms with Gasteiger partial charge in [0.25, 0.3) is 16.4 Å². The summed E-state index contributed by atoms with van der Waals surface area (Å²) in [7, 11) is -4.42. The highest BCUT2D eigenvalue weighted by molar-refractivity contribution is 7.90. The van der Waals surface area contributed by atoms with E-state index in [1.807, 2.05) is 36.6 Å². The van der Waals surface area contributed by atoms with Crippen molar-refractivity contribution in [3.05, 3.63) is 130 Å². The highest BCUT2D eigenvalue weighted by atomic mass is 35.5. The first-order valence-corrected chi connectivity index (χ1v) is 15.7. The standard InChI is InChI=1S/C35H26ClF3N2O3S/c1-20-7-8-21(2)40(20)34-30-19-27(37)12-16-32(30)41(45(43,44)28-13-9-23(10-14-28)35(38)39)33(34)26-6-4-5-25(17-26)29-15-11-24(22(3)42)18-31(29)36/h4-19,35H,1-3H3. The Hall–Kier alpha value is -4.60. The maximum atomic E-state index is 14.9. The van der Waals surface area contributed by atoms with Crippen molar-refractivity contribution in [1.29, 1.82) is 0 Å². The molecule has 0 saturated heterocycles. The molecule has 228 valence electrons. The minimum Gasteiger partial charge on any atom is -0.316 e. The first kappa shape index (κ1) is 30.4. The zero-order valence-electron chi connectivity index (χ0n) is 24.4. The molecule has 0 aliphatic carbocycles. The summed E-state index contributed by atoms with van der Waals surface area (Å²) in [5, 5.41) is 0.681. The Morgan fingerprint density at radius 2 is 1.49 bits per heavy atom. The monoisotopic (exact) mass is 646 g/mol. The topological polar surface area (TPSA) is 61.1 Å². The van der Waals surface area contributed by atoms with Crippen molar-refractivity contribution in [1.82, 2.24) is 8.54 Å². The van der Waals surface area contributed by atoms with Crippen LogP contribution in [0.3, 0.4) is 0 Å². The van der Waals surface area contributed by atoms with E-state index in [1.165, 1.54) is 25.1 Å². The van der Waals surface area contributed by atoms with Crippen LogP contribution < -0.4 is 0 Å². The van der Waals surface area contributed by atoms with Crippen molar-refractivity contribution in [2.45, 2.75) is 32.1 Å². The van der Waals surface area contributed by atoms with Crippen LogP contribution in [0.2, 0.25) is 5.02 Å². The van der Waals surface area contributed by atoms with Gasteiger partial charge in [-0.1, -0.05) is 54.1 Å². The number of aromatic nitrogens is 2. The van der Waals surface area contributed by atoms with Crippen LogP contribution in [0.1, 0.15) is 40.7 Å². The molecule has 45 heavy (non-hydrogen) atoms. The Kier molecular flexibility index (Phi) is 7.71. The van der Waals surface area contributed by atoms with Crippen LogP contribution in [0.4, 0.5) is 13.2 Å². The van der Waals surface area contributed by atoms with Crippen molar-refractivity contribution in [2.75, 3.05) is 0 Å². The third-order valence-corrected chi connectivity index (χ3v) is 9.89. The molecular weight excluding hydrogens is 621 g/mol. The first-order valence-electron chi connectivity index (χ1n) is 13.9. The highest BCUT2D eigenvalue weighted by Gasteiger charge is 2.30. The summed E-state index contributed by atoms with van der Waals surface area (Å²) < 4.78 is 73.5. The number of rotatable bonds is 7. The van der Waals surface area contributed by atoms with Crippen LogP contribution in [-0.2, 0) is 10.0 Å². The molecule has 0 spiro atoms. The van der Waals surface area contributed by atoms with Gasteiger partial charge in [-0.25, -0.2) is 25.6 Å². The lowest BCUT2D eigenvalue weighted by Crippen LogP contribution is -2.15. The Bertz CT molecular complexity index is 2220. The van der Waals surface area contributed by atoms with E-state index in [4.69, 9.17) is 11.6 Å². The predicted octanol–water partition coefficient (Wildman–Crippen LogP) is 9.55. The second-order valence-corrected chi connectivity index (χ2v) is 13.0. The van der Waals surface area contributed by atoms with E-state index in [-0.39, 0.29) is 27.5 Å². The molecule has 0 N–H and O–H groups in total. The molecule has 0 unspecified atom stereocenters. The third-order valence-electron chi connectivity index (χ3n) is 7.85. The molecule has 4 aromatic carbocycles. The van der Waals surface area contributed by atoms with Crippen LogP contribution in [0.25, 0.3) is 39.0 Å². The number of alkyl halides is 2. The summed E-state index contributed by atoms with van der Waals surface area (Å²) >= 11 is 6.61. The molecule has 0 radical (unpaired) electrons. The molecule has 0 saturated carbocycles. The van der Waals surface area contributed by atoms with Gasteiger partial charge in [-0.05, 0) is 80.9 Å². The number of benzene rings is 4. The number of hydrogen-bond acceptors (Lipinski definition) is 3. The van der Waals surface area contributed by atoms with Gasteiger partial charge in [0.05, 0.1) is 21.8 Å². The maximum Gasteiger partial charge on any atom is 0.268 e. The van der Waals surface area contributed by atoms with E-state index >= 15 is 0 Å². The largest absolute Gasteiger partial charge is 0.316 e. The Morgan fingerprint density at radius 3 is 2.11 bits per heavy atom. The molecule has 0 aliphatic rings. The van der Waals surface area contributed by atoms with Gasteiger partial charge >= 0.3 is 0 Å². The predicted molar refractivity (Wildman–Crippen MR) is 171 cm³/mol. The smallest absolute Gasteiger partial charge is 0.268 e. The van der Waals surface area contributed by atoms with Crippen LogP contribution in [-0.4, -0.2) is 22.7 Å². The summed E-state index contributed by atoms with van der Waals surface area (Å²) in [6, 6.07) is 24.2. The number of fused-ring (bicyclic) bond motifs is 1. The van der Waals surface area contributed by atoms with Crippen molar-refractivity contribution in [3.8, 4) is 28.1 Å². The van der Waals surface area contributed by atoms with Crippen molar-refractivity contribution in [2.24, 2.45) is 0 Å². The average Bonchev–Trinajstić information content (AvgIpc) is 3.52. The molecule has 0 aliphatic heterocycles. The fourth-order valence-corrected chi connectivity index (χ4v) is 7.49. The molecule has 6 aromatic rings. The van der Waals surface area contributed by atoms with E-state index in [9.17, 15) is 26.4 Å². The van der Waals surface area contributed by atoms with E-state index in [0.29, 0.717) is 38.4 Å².